The number of hydrogen-bond acceptors (Lipinski definition) is 1. The van der Waals surface area contributed by atoms with E-state index in [9.17, 15) is 8.78 Å². The van der Waals surface area contributed by atoms with Gasteiger partial charge < -0.3 is 0 Å². The summed E-state index contributed by atoms with van der Waals surface area (Å²) in [6, 6.07) is 0. The molecule has 0 aliphatic carbocycles. The normalized spacial score (nSPS) is 17.3. The maximum atomic E-state index is 11.7. The van der Waals surface area contributed by atoms with Gasteiger partial charge in [0.1, 0.15) is 5.70 Å². The van der Waals surface area contributed by atoms with Gasteiger partial charge in [-0.2, -0.15) is 0 Å². The molecule has 1 heterocycles. The van der Waals surface area contributed by atoms with Gasteiger partial charge in [0, 0.05) is 0 Å². The third-order valence-electron chi connectivity index (χ3n) is 0.737. The lowest BCUT2D eigenvalue weighted by atomic mass is 10.5. The minimum Gasteiger partial charge on any atom is -0.221 e. The zero-order valence-corrected chi connectivity index (χ0v) is 4.86. The van der Waals surface area contributed by atoms with Gasteiger partial charge in [-0.1, -0.05) is 11.6 Å². The van der Waals surface area contributed by atoms with Gasteiger partial charge in [-0.15, -0.1) is 0 Å². The van der Waals surface area contributed by atoms with Crippen molar-refractivity contribution in [2.75, 3.05) is 0 Å². The van der Waals surface area contributed by atoms with Crippen molar-refractivity contribution in [3.63, 3.8) is 0 Å². The first-order chi connectivity index (χ1) is 4.22. The van der Waals surface area contributed by atoms with Crippen LogP contribution in [0, 0.1) is 0 Å². The molecule has 0 saturated carbocycles. The Hall–Kier alpha value is -0.640. The largest absolute Gasteiger partial charge is 0.283 e. The minimum atomic E-state index is -2.66. The topological polar surface area (TPSA) is 26.5 Å². The Balaban J connectivity index is 2.77. The molecule has 0 aromatic heterocycles. The zero-order valence-electron chi connectivity index (χ0n) is 4.11. The standard InChI is InChI=1S/C4HClF2N2/c5-3-2(4(6)7)8-1-9-3/h4H. The Kier molecular flexibility index (Phi) is 1.66. The quantitative estimate of drug-likeness (QED) is 0.502. The minimum absolute atomic E-state index is 0.273. The van der Waals surface area contributed by atoms with Crippen LogP contribution in [-0.2, 0) is 0 Å². The summed E-state index contributed by atoms with van der Waals surface area (Å²) in [6.07, 6.45) is -0.689. The monoisotopic (exact) mass is 150 g/mol. The molecule has 0 N–H and O–H groups in total. The number of allylic oxidation sites excluding steroid dienone is 1. The van der Waals surface area contributed by atoms with Gasteiger partial charge in [-0.05, 0) is 0 Å². The fourth-order valence-corrected chi connectivity index (χ4v) is 0.528. The average molecular weight is 151 g/mol. The summed E-state index contributed by atoms with van der Waals surface area (Å²) in [4.78, 5) is 3.10. The van der Waals surface area contributed by atoms with E-state index in [1.807, 2.05) is 6.34 Å². The van der Waals surface area contributed by atoms with Crippen molar-refractivity contribution in [2.45, 2.75) is 6.43 Å². The second kappa shape index (κ2) is 2.31. The van der Waals surface area contributed by atoms with Gasteiger partial charge in [0.15, 0.2) is 11.5 Å². The van der Waals surface area contributed by atoms with Gasteiger partial charge in [-0.3, -0.25) is 0 Å². The van der Waals surface area contributed by atoms with Crippen LogP contribution in [0.5, 0.6) is 0 Å². The van der Waals surface area contributed by atoms with Crippen LogP contribution in [0.3, 0.4) is 0 Å². The molecule has 0 fully saturated rings. The van der Waals surface area contributed by atoms with Crippen LogP contribution in [0.25, 0.3) is 0 Å². The van der Waals surface area contributed by atoms with Crippen LogP contribution in [0.15, 0.2) is 15.8 Å². The number of nitrogens with zero attached hydrogens (tertiary/aromatic N) is 2. The second-order valence-corrected chi connectivity index (χ2v) is 1.66. The van der Waals surface area contributed by atoms with E-state index in [4.69, 9.17) is 11.6 Å². The third-order valence-corrected chi connectivity index (χ3v) is 1.01. The fourth-order valence-electron chi connectivity index (χ4n) is 0.365. The Morgan fingerprint density at radius 1 is 1.56 bits per heavy atom. The van der Waals surface area contributed by atoms with E-state index < -0.39 is 12.1 Å². The smallest absolute Gasteiger partial charge is 0.221 e. The number of aliphatic imine (C=N–C) groups is 1. The van der Waals surface area contributed by atoms with E-state index in [1.54, 1.807) is 0 Å². The predicted octanol–water partition coefficient (Wildman–Crippen LogP) is 1.18. The summed E-state index contributed by atoms with van der Waals surface area (Å²) < 4.78 is 23.3. The highest BCUT2D eigenvalue weighted by atomic mass is 35.5. The molecule has 1 aliphatic rings. The molecule has 0 atom stereocenters. The highest BCUT2D eigenvalue weighted by Crippen LogP contribution is 2.19. The first-order valence-electron chi connectivity index (χ1n) is 2.06. The summed E-state index contributed by atoms with van der Waals surface area (Å²) in [6.45, 7) is 0. The van der Waals surface area contributed by atoms with E-state index in [-0.39, 0.29) is 5.16 Å². The Bertz CT molecular complexity index is 175. The summed E-state index contributed by atoms with van der Waals surface area (Å²) >= 11 is 5.15. The number of halogens is 3. The first kappa shape index (κ1) is 6.48. The molecule has 1 rings (SSSR count). The number of hydrogen-bond donors (Lipinski definition) is 0. The van der Waals surface area contributed by atoms with Crippen LogP contribution in [-0.4, -0.2) is 12.8 Å². The molecule has 0 aromatic rings. The van der Waals surface area contributed by atoms with Crippen molar-refractivity contribution in [1.82, 2.24) is 5.32 Å². The van der Waals surface area contributed by atoms with Gasteiger partial charge in [-0.25, -0.2) is 19.1 Å². The average Bonchev–Trinajstić information content (AvgIpc) is 2.13. The van der Waals surface area contributed by atoms with Crippen molar-refractivity contribution in [3.05, 3.63) is 10.9 Å². The molecule has 0 saturated heterocycles. The van der Waals surface area contributed by atoms with Crippen molar-refractivity contribution >= 4 is 17.9 Å². The zero-order chi connectivity index (χ0) is 6.85. The molecule has 0 spiro atoms. The lowest BCUT2D eigenvalue weighted by molar-refractivity contribution is 0.188. The van der Waals surface area contributed by atoms with E-state index in [1.165, 1.54) is 0 Å². The highest BCUT2D eigenvalue weighted by Gasteiger charge is 2.19. The molecule has 1 aliphatic heterocycles. The fraction of sp³-hybridized carbons (Fsp3) is 0.250. The molecule has 2 radical (unpaired) electrons. The van der Waals surface area contributed by atoms with E-state index in [0.29, 0.717) is 0 Å². The first-order valence-corrected chi connectivity index (χ1v) is 2.44. The molecule has 0 bridgehead atoms. The lowest BCUT2D eigenvalue weighted by Crippen LogP contribution is -1.95. The van der Waals surface area contributed by atoms with Gasteiger partial charge in [0.2, 0.25) is 0 Å². The van der Waals surface area contributed by atoms with E-state index in [2.05, 4.69) is 10.3 Å². The molecule has 0 aromatic carbocycles. The molecule has 5 heteroatoms. The van der Waals surface area contributed by atoms with Crippen molar-refractivity contribution in [2.24, 2.45) is 4.99 Å². The molecule has 9 heavy (non-hydrogen) atoms. The molecular weight excluding hydrogens is 150 g/mol. The Morgan fingerprint density at radius 3 is 2.44 bits per heavy atom. The number of alkyl halides is 2. The van der Waals surface area contributed by atoms with E-state index >= 15 is 0 Å². The van der Waals surface area contributed by atoms with Crippen molar-refractivity contribution in [1.29, 1.82) is 0 Å². The van der Waals surface area contributed by atoms with Crippen molar-refractivity contribution < 1.29 is 8.78 Å². The second-order valence-electron chi connectivity index (χ2n) is 1.30. The molecule has 0 unspecified atom stereocenters. The summed E-state index contributed by atoms with van der Waals surface area (Å²) in [7, 11) is 0. The number of rotatable bonds is 1. The predicted molar refractivity (Wildman–Crippen MR) is 28.5 cm³/mol. The van der Waals surface area contributed by atoms with Crippen LogP contribution in [0.2, 0.25) is 0 Å². The SMILES string of the molecule is FC(F)C1=C(Cl)[N][C]=N1. The van der Waals surface area contributed by atoms with Crippen LogP contribution in [0.4, 0.5) is 8.78 Å². The summed E-state index contributed by atoms with van der Waals surface area (Å²) in [5.74, 6) is 0. The van der Waals surface area contributed by atoms with Crippen LogP contribution >= 0.6 is 11.6 Å². The maximum absolute atomic E-state index is 11.7. The van der Waals surface area contributed by atoms with Crippen LogP contribution < -0.4 is 5.32 Å². The molecule has 0 amide bonds. The van der Waals surface area contributed by atoms with Gasteiger partial charge in [0.25, 0.3) is 6.43 Å². The molecule has 2 nitrogen and oxygen atoms in total. The van der Waals surface area contributed by atoms with Gasteiger partial charge >= 0.3 is 0 Å². The highest BCUT2D eigenvalue weighted by molar-refractivity contribution is 6.30. The summed E-state index contributed by atoms with van der Waals surface area (Å²) in [5, 5.41) is 2.91. The molecule has 48 valence electrons. The van der Waals surface area contributed by atoms with Crippen molar-refractivity contribution in [3.8, 4) is 0 Å². The van der Waals surface area contributed by atoms with Gasteiger partial charge in [0.05, 0.1) is 0 Å². The molecular formula is C4HClF2N2. The van der Waals surface area contributed by atoms with Crippen LogP contribution in [0.1, 0.15) is 0 Å². The van der Waals surface area contributed by atoms with E-state index in [0.717, 1.165) is 0 Å². The maximum Gasteiger partial charge on any atom is 0.283 e. The third kappa shape index (κ3) is 1.18. The summed E-state index contributed by atoms with van der Waals surface area (Å²) in [5.41, 5.74) is -0.503. The Morgan fingerprint density at radius 2 is 2.22 bits per heavy atom. The lowest BCUT2D eigenvalue weighted by Gasteiger charge is -1.92. The Labute approximate surface area is 55.2 Å².